The summed E-state index contributed by atoms with van der Waals surface area (Å²) in [5.74, 6) is 0.220. The van der Waals surface area contributed by atoms with Crippen molar-refractivity contribution in [3.05, 3.63) is 23.0 Å². The fourth-order valence-corrected chi connectivity index (χ4v) is 2.95. The molecule has 1 aromatic heterocycles. The van der Waals surface area contributed by atoms with E-state index >= 15 is 0 Å². The zero-order chi connectivity index (χ0) is 14.0. The second kappa shape index (κ2) is 5.88. The Labute approximate surface area is 115 Å². The molecule has 0 amide bonds. The second-order valence-electron chi connectivity index (χ2n) is 5.89. The molecule has 1 atom stereocenters. The Morgan fingerprint density at radius 2 is 2.26 bits per heavy atom. The van der Waals surface area contributed by atoms with Crippen LogP contribution in [0.5, 0.6) is 0 Å². The number of aromatic amines is 1. The van der Waals surface area contributed by atoms with Crippen LogP contribution in [0.25, 0.3) is 0 Å². The number of piperidine rings is 1. The summed E-state index contributed by atoms with van der Waals surface area (Å²) in [5, 5.41) is 0. The molecule has 1 N–H and O–H groups in total. The van der Waals surface area contributed by atoms with E-state index in [0.29, 0.717) is 12.6 Å². The Hall–Kier alpha value is -1.13. The van der Waals surface area contributed by atoms with Gasteiger partial charge in [0.25, 0.3) is 0 Å². The molecule has 4 heteroatoms. The Morgan fingerprint density at radius 3 is 2.84 bits per heavy atom. The molecular formula is C15H25N3O. The summed E-state index contributed by atoms with van der Waals surface area (Å²) >= 11 is 0. The van der Waals surface area contributed by atoms with E-state index in [9.17, 15) is 4.79 Å². The van der Waals surface area contributed by atoms with Gasteiger partial charge in [0.05, 0.1) is 6.54 Å². The molecule has 1 saturated heterocycles. The summed E-state index contributed by atoms with van der Waals surface area (Å²) in [4.78, 5) is 20.1. The first-order valence-electron chi connectivity index (χ1n) is 7.05. The maximum atomic E-state index is 12.3. The van der Waals surface area contributed by atoms with Crippen LogP contribution in [0.3, 0.4) is 0 Å². The fraction of sp³-hybridized carbons (Fsp3) is 0.667. The zero-order valence-electron chi connectivity index (χ0n) is 12.5. The summed E-state index contributed by atoms with van der Waals surface area (Å²) < 4.78 is 0. The standard InChI is InChI=1S/C15H25N3O/c1-11-8-14(12(2)16-11)15(19)10-18(4)13-6-5-7-17(3)9-13/h8,13,16H,5-7,9-10H2,1-4H3. The number of likely N-dealkylation sites (tertiary alicyclic amines) is 1. The number of nitrogens with zero attached hydrogens (tertiary/aromatic N) is 2. The number of H-pyrrole nitrogens is 1. The third-order valence-electron chi connectivity index (χ3n) is 4.07. The maximum Gasteiger partial charge on any atom is 0.178 e. The SMILES string of the molecule is Cc1cc(C(=O)CN(C)C2CCCN(C)C2)c(C)[nH]1. The Kier molecular flexibility index (Phi) is 4.42. The molecule has 2 heterocycles. The molecule has 2 rings (SSSR count). The molecule has 106 valence electrons. The summed E-state index contributed by atoms with van der Waals surface area (Å²) in [6.07, 6.45) is 2.42. The van der Waals surface area contributed by atoms with Crippen LogP contribution in [-0.4, -0.2) is 60.3 Å². The Balaban J connectivity index is 1.96. The first-order chi connectivity index (χ1) is 8.97. The van der Waals surface area contributed by atoms with Gasteiger partial charge in [-0.15, -0.1) is 0 Å². The third kappa shape index (κ3) is 3.45. The minimum absolute atomic E-state index is 0.220. The van der Waals surface area contributed by atoms with Crippen molar-refractivity contribution in [3.8, 4) is 0 Å². The van der Waals surface area contributed by atoms with Crippen molar-refractivity contribution < 1.29 is 4.79 Å². The van der Waals surface area contributed by atoms with E-state index in [4.69, 9.17) is 0 Å². The predicted octanol–water partition coefficient (Wildman–Crippen LogP) is 1.84. The Bertz CT molecular complexity index is 452. The van der Waals surface area contributed by atoms with Crippen LogP contribution in [0.15, 0.2) is 6.07 Å². The number of aryl methyl sites for hydroxylation is 2. The van der Waals surface area contributed by atoms with E-state index in [1.54, 1.807) is 0 Å². The van der Waals surface area contributed by atoms with E-state index in [1.807, 2.05) is 19.9 Å². The number of likely N-dealkylation sites (N-methyl/N-ethyl adjacent to an activating group) is 2. The smallest absolute Gasteiger partial charge is 0.178 e. The molecule has 4 nitrogen and oxygen atoms in total. The molecular weight excluding hydrogens is 238 g/mol. The van der Waals surface area contributed by atoms with Crippen LogP contribution < -0.4 is 0 Å². The number of hydrogen-bond donors (Lipinski definition) is 1. The van der Waals surface area contributed by atoms with E-state index < -0.39 is 0 Å². The van der Waals surface area contributed by atoms with Crippen LogP contribution in [-0.2, 0) is 0 Å². The minimum atomic E-state index is 0.220. The molecule has 1 aliphatic heterocycles. The normalized spacial score (nSPS) is 21.0. The van der Waals surface area contributed by atoms with E-state index in [2.05, 4.69) is 28.9 Å². The number of hydrogen-bond acceptors (Lipinski definition) is 3. The van der Waals surface area contributed by atoms with Crippen molar-refractivity contribution in [2.75, 3.05) is 33.7 Å². The van der Waals surface area contributed by atoms with Crippen molar-refractivity contribution >= 4 is 5.78 Å². The molecule has 1 aliphatic rings. The van der Waals surface area contributed by atoms with Crippen LogP contribution in [0, 0.1) is 13.8 Å². The predicted molar refractivity (Wildman–Crippen MR) is 77.7 cm³/mol. The lowest BCUT2D eigenvalue weighted by atomic mass is 10.0. The maximum absolute atomic E-state index is 12.3. The monoisotopic (exact) mass is 263 g/mol. The molecule has 0 saturated carbocycles. The van der Waals surface area contributed by atoms with Gasteiger partial charge < -0.3 is 9.88 Å². The van der Waals surface area contributed by atoms with Crippen LogP contribution in [0.1, 0.15) is 34.6 Å². The van der Waals surface area contributed by atoms with Gasteiger partial charge in [-0.1, -0.05) is 0 Å². The van der Waals surface area contributed by atoms with E-state index in [0.717, 1.165) is 23.5 Å². The van der Waals surface area contributed by atoms with Crippen molar-refractivity contribution in [2.45, 2.75) is 32.7 Å². The lowest BCUT2D eigenvalue weighted by Crippen LogP contribution is -2.46. The van der Waals surface area contributed by atoms with Gasteiger partial charge in [-0.25, -0.2) is 0 Å². The van der Waals surface area contributed by atoms with Gasteiger partial charge in [-0.2, -0.15) is 0 Å². The lowest BCUT2D eigenvalue weighted by Gasteiger charge is -2.35. The highest BCUT2D eigenvalue weighted by molar-refractivity contribution is 5.98. The molecule has 0 spiro atoms. The lowest BCUT2D eigenvalue weighted by molar-refractivity contribution is 0.0857. The van der Waals surface area contributed by atoms with Crippen molar-refractivity contribution in [1.82, 2.24) is 14.8 Å². The zero-order valence-corrected chi connectivity index (χ0v) is 12.5. The molecule has 19 heavy (non-hydrogen) atoms. The quantitative estimate of drug-likeness (QED) is 0.843. The second-order valence-corrected chi connectivity index (χ2v) is 5.89. The van der Waals surface area contributed by atoms with Crippen molar-refractivity contribution in [3.63, 3.8) is 0 Å². The first kappa shape index (κ1) is 14.3. The highest BCUT2D eigenvalue weighted by atomic mass is 16.1. The average Bonchev–Trinajstić information content (AvgIpc) is 2.68. The number of ketones is 1. The molecule has 1 aromatic rings. The molecule has 0 aromatic carbocycles. The number of aromatic nitrogens is 1. The topological polar surface area (TPSA) is 39.3 Å². The van der Waals surface area contributed by atoms with Crippen LogP contribution in [0.4, 0.5) is 0 Å². The highest BCUT2D eigenvalue weighted by Crippen LogP contribution is 2.15. The highest BCUT2D eigenvalue weighted by Gasteiger charge is 2.23. The van der Waals surface area contributed by atoms with Gasteiger partial charge in [0.1, 0.15) is 0 Å². The first-order valence-corrected chi connectivity index (χ1v) is 7.05. The number of Topliss-reactive ketones (excluding diaryl/α,β-unsaturated/α-hetero) is 1. The molecule has 0 bridgehead atoms. The van der Waals surface area contributed by atoms with Crippen LogP contribution in [0.2, 0.25) is 0 Å². The summed E-state index contributed by atoms with van der Waals surface area (Å²) in [6, 6.07) is 2.46. The number of carbonyl (C=O) groups excluding carboxylic acids is 1. The van der Waals surface area contributed by atoms with Crippen molar-refractivity contribution in [1.29, 1.82) is 0 Å². The molecule has 1 unspecified atom stereocenters. The largest absolute Gasteiger partial charge is 0.362 e. The fourth-order valence-electron chi connectivity index (χ4n) is 2.95. The number of carbonyl (C=O) groups is 1. The van der Waals surface area contributed by atoms with E-state index in [-0.39, 0.29) is 5.78 Å². The van der Waals surface area contributed by atoms with E-state index in [1.165, 1.54) is 19.4 Å². The van der Waals surface area contributed by atoms with Gasteiger partial charge >= 0.3 is 0 Å². The van der Waals surface area contributed by atoms with Gasteiger partial charge in [0.15, 0.2) is 5.78 Å². The average molecular weight is 263 g/mol. The van der Waals surface area contributed by atoms with Crippen LogP contribution >= 0.6 is 0 Å². The molecule has 0 aliphatic carbocycles. The summed E-state index contributed by atoms with van der Waals surface area (Å²) in [7, 11) is 4.22. The van der Waals surface area contributed by atoms with Gasteiger partial charge in [-0.05, 0) is 53.4 Å². The third-order valence-corrected chi connectivity index (χ3v) is 4.07. The van der Waals surface area contributed by atoms with Gasteiger partial charge in [0, 0.05) is 29.5 Å². The Morgan fingerprint density at radius 1 is 1.53 bits per heavy atom. The molecule has 0 radical (unpaired) electrons. The summed E-state index contributed by atoms with van der Waals surface area (Å²) in [5.41, 5.74) is 2.88. The minimum Gasteiger partial charge on any atom is -0.362 e. The van der Waals surface area contributed by atoms with Gasteiger partial charge in [-0.3, -0.25) is 9.69 Å². The molecule has 1 fully saturated rings. The number of nitrogens with one attached hydrogen (secondary N) is 1. The summed E-state index contributed by atoms with van der Waals surface area (Å²) in [6.45, 7) is 6.71. The van der Waals surface area contributed by atoms with Gasteiger partial charge in [0.2, 0.25) is 0 Å². The van der Waals surface area contributed by atoms with Crippen molar-refractivity contribution in [2.24, 2.45) is 0 Å². The number of rotatable bonds is 4.